The van der Waals surface area contributed by atoms with Gasteiger partial charge in [-0.05, 0) is 52.6 Å². The highest BCUT2D eigenvalue weighted by Gasteiger charge is 2.29. The van der Waals surface area contributed by atoms with Crippen LogP contribution in [0.1, 0.15) is 15.9 Å². The van der Waals surface area contributed by atoms with Crippen molar-refractivity contribution >= 4 is 11.6 Å². The van der Waals surface area contributed by atoms with Gasteiger partial charge >= 0.3 is 6.18 Å². The Labute approximate surface area is 248 Å². The molecule has 0 spiro atoms. The van der Waals surface area contributed by atoms with Gasteiger partial charge in [0.2, 0.25) is 0 Å². The lowest BCUT2D eigenvalue weighted by Crippen LogP contribution is -2.24. The van der Waals surface area contributed by atoms with Crippen LogP contribution in [0, 0.1) is 5.82 Å². The minimum atomic E-state index is -4.60. The smallest absolute Gasteiger partial charge is 0.406 e. The van der Waals surface area contributed by atoms with Crippen LogP contribution in [-0.2, 0) is 13.0 Å². The first-order chi connectivity index (χ1) is 20.9. The summed E-state index contributed by atoms with van der Waals surface area (Å²) in [7, 11) is 1.45. The molecule has 0 atom stereocenters. The number of carbonyl (C=O) groups excluding carboxylic acids is 1. The Morgan fingerprint density at radius 3 is 2.18 bits per heavy atom. The highest BCUT2D eigenvalue weighted by atomic mass is 19.4. The standard InChI is InChI=1S/C33H25F4N3O4/c1-44-30-11-8-22(14-29(30)42)23-13-25(32(38)39-15-23)20-4-2-19(3-5-20)12-28(41)27-17-40(18-33(35,36)37)16-26(31(27)43)21-6-9-24(34)10-7-21/h2-11,13-17,42H,12,18H2,1H3,(H2,38,39). The Morgan fingerprint density at radius 1 is 0.909 bits per heavy atom. The topological polar surface area (TPSA) is 107 Å². The number of ketones is 1. The lowest BCUT2D eigenvalue weighted by atomic mass is 9.97. The molecule has 5 aromatic rings. The van der Waals surface area contributed by atoms with Crippen LogP contribution < -0.4 is 15.9 Å². The maximum Gasteiger partial charge on any atom is 0.406 e. The predicted molar refractivity (Wildman–Crippen MR) is 158 cm³/mol. The number of aromatic nitrogens is 2. The van der Waals surface area contributed by atoms with E-state index in [9.17, 15) is 32.3 Å². The molecule has 5 rings (SSSR count). The van der Waals surface area contributed by atoms with Crippen molar-refractivity contribution in [1.29, 1.82) is 0 Å². The van der Waals surface area contributed by atoms with Crippen molar-refractivity contribution in [3.05, 3.63) is 119 Å². The number of halogens is 4. The highest BCUT2D eigenvalue weighted by Crippen LogP contribution is 2.34. The van der Waals surface area contributed by atoms with Crippen molar-refractivity contribution in [2.75, 3.05) is 12.8 Å². The summed E-state index contributed by atoms with van der Waals surface area (Å²) in [4.78, 5) is 30.8. The van der Waals surface area contributed by atoms with Crippen molar-refractivity contribution in [2.24, 2.45) is 0 Å². The van der Waals surface area contributed by atoms with Gasteiger partial charge in [0.05, 0.1) is 12.7 Å². The van der Waals surface area contributed by atoms with Gasteiger partial charge in [0.1, 0.15) is 18.2 Å². The van der Waals surface area contributed by atoms with E-state index in [2.05, 4.69) is 4.98 Å². The van der Waals surface area contributed by atoms with Gasteiger partial charge < -0.3 is 20.1 Å². The Morgan fingerprint density at radius 2 is 1.55 bits per heavy atom. The number of pyridine rings is 2. The number of nitrogen functional groups attached to an aromatic ring is 1. The van der Waals surface area contributed by atoms with Crippen LogP contribution in [0.5, 0.6) is 11.5 Å². The van der Waals surface area contributed by atoms with Gasteiger partial charge in [-0.25, -0.2) is 9.37 Å². The summed E-state index contributed by atoms with van der Waals surface area (Å²) in [6.07, 6.45) is -1.39. The molecule has 224 valence electrons. The number of hydrogen-bond acceptors (Lipinski definition) is 6. The van der Waals surface area contributed by atoms with Crippen molar-refractivity contribution in [2.45, 2.75) is 19.1 Å². The number of nitrogens with zero attached hydrogens (tertiary/aromatic N) is 2. The fraction of sp³-hybridized carbons (Fsp3) is 0.121. The first-order valence-electron chi connectivity index (χ1n) is 13.2. The zero-order chi connectivity index (χ0) is 31.6. The third-order valence-electron chi connectivity index (χ3n) is 6.96. The van der Waals surface area contributed by atoms with Crippen LogP contribution >= 0.6 is 0 Å². The van der Waals surface area contributed by atoms with E-state index in [-0.39, 0.29) is 29.1 Å². The zero-order valence-corrected chi connectivity index (χ0v) is 23.2. The number of ether oxygens (including phenoxy) is 1. The second-order valence-electron chi connectivity index (χ2n) is 10.0. The van der Waals surface area contributed by atoms with Crippen molar-refractivity contribution in [3.63, 3.8) is 0 Å². The monoisotopic (exact) mass is 603 g/mol. The largest absolute Gasteiger partial charge is 0.504 e. The third-order valence-corrected chi connectivity index (χ3v) is 6.96. The minimum absolute atomic E-state index is 0.0363. The number of Topliss-reactive ketones (excluding diaryl/α,β-unsaturated/α-hetero) is 1. The number of benzene rings is 3. The fourth-order valence-electron chi connectivity index (χ4n) is 4.78. The molecule has 3 N–H and O–H groups in total. The molecule has 44 heavy (non-hydrogen) atoms. The summed E-state index contributed by atoms with van der Waals surface area (Å²) in [5.41, 5.74) is 8.16. The van der Waals surface area contributed by atoms with Crippen molar-refractivity contribution in [3.8, 4) is 44.9 Å². The summed E-state index contributed by atoms with van der Waals surface area (Å²) in [6, 6.07) is 18.1. The molecule has 0 aliphatic heterocycles. The SMILES string of the molecule is COc1ccc(-c2cnc(N)c(-c3ccc(CC(=O)c4cn(CC(F)(F)F)cc(-c5ccc(F)cc5)c4=O)cc3)c2)cc1O. The number of anilines is 1. The van der Waals surface area contributed by atoms with Crippen molar-refractivity contribution < 1.29 is 32.2 Å². The minimum Gasteiger partial charge on any atom is -0.504 e. The Balaban J connectivity index is 1.43. The van der Waals surface area contributed by atoms with Gasteiger partial charge in [0, 0.05) is 41.7 Å². The third kappa shape index (κ3) is 6.62. The maximum absolute atomic E-state index is 13.4. The molecule has 2 heterocycles. The van der Waals surface area contributed by atoms with Gasteiger partial charge in [-0.15, -0.1) is 0 Å². The Kier molecular flexibility index (Phi) is 8.21. The van der Waals surface area contributed by atoms with Crippen LogP contribution in [0.2, 0.25) is 0 Å². The highest BCUT2D eigenvalue weighted by molar-refractivity contribution is 5.98. The molecule has 0 aliphatic rings. The number of aromatic hydroxyl groups is 1. The predicted octanol–water partition coefficient (Wildman–Crippen LogP) is 6.67. The molecule has 0 radical (unpaired) electrons. The van der Waals surface area contributed by atoms with Gasteiger partial charge in [0.15, 0.2) is 22.7 Å². The Bertz CT molecular complexity index is 1900. The molecule has 2 aromatic heterocycles. The maximum atomic E-state index is 13.4. The molecule has 0 saturated heterocycles. The number of alkyl halides is 3. The molecular weight excluding hydrogens is 578 g/mol. The van der Waals surface area contributed by atoms with E-state index < -0.39 is 35.3 Å². The van der Waals surface area contributed by atoms with Crippen LogP contribution in [0.15, 0.2) is 96.2 Å². The molecular formula is C33H25F4N3O4. The number of nitrogens with two attached hydrogens (primary N) is 1. The van der Waals surface area contributed by atoms with E-state index in [1.807, 2.05) is 0 Å². The number of hydrogen-bond donors (Lipinski definition) is 2. The second-order valence-corrected chi connectivity index (χ2v) is 10.0. The summed E-state index contributed by atoms with van der Waals surface area (Å²) >= 11 is 0. The number of phenolic OH excluding ortho intramolecular Hbond substituents is 1. The number of rotatable bonds is 8. The van der Waals surface area contributed by atoms with Gasteiger partial charge in [-0.1, -0.05) is 42.5 Å². The molecule has 3 aromatic carbocycles. The number of carbonyl (C=O) groups is 1. The lowest BCUT2D eigenvalue weighted by molar-refractivity contribution is -0.140. The van der Waals surface area contributed by atoms with Crippen molar-refractivity contribution in [1.82, 2.24) is 9.55 Å². The first-order valence-corrected chi connectivity index (χ1v) is 13.2. The van der Waals surface area contributed by atoms with E-state index in [4.69, 9.17) is 10.5 Å². The van der Waals surface area contributed by atoms with E-state index in [0.717, 1.165) is 29.1 Å². The molecule has 0 fully saturated rings. The molecule has 0 amide bonds. The molecule has 0 bridgehead atoms. The van der Waals surface area contributed by atoms with Crippen LogP contribution in [-0.4, -0.2) is 33.7 Å². The lowest BCUT2D eigenvalue weighted by Gasteiger charge is -2.14. The van der Waals surface area contributed by atoms with Crippen LogP contribution in [0.4, 0.5) is 23.4 Å². The Hall–Kier alpha value is -5.45. The summed E-state index contributed by atoms with van der Waals surface area (Å²) in [5, 5.41) is 10.2. The summed E-state index contributed by atoms with van der Waals surface area (Å²) in [6.45, 7) is -1.42. The summed E-state index contributed by atoms with van der Waals surface area (Å²) < 4.78 is 58.9. The normalized spacial score (nSPS) is 11.4. The van der Waals surface area contributed by atoms with E-state index in [1.54, 1.807) is 48.7 Å². The summed E-state index contributed by atoms with van der Waals surface area (Å²) in [5.74, 6) is -0.720. The average Bonchev–Trinajstić information content (AvgIpc) is 2.98. The van der Waals surface area contributed by atoms with Gasteiger partial charge in [0.25, 0.3) is 0 Å². The van der Waals surface area contributed by atoms with Crippen LogP contribution in [0.25, 0.3) is 33.4 Å². The quantitative estimate of drug-likeness (QED) is 0.152. The number of methoxy groups -OCH3 is 1. The molecule has 11 heteroatoms. The number of phenols is 1. The zero-order valence-electron chi connectivity index (χ0n) is 23.2. The molecule has 0 saturated carbocycles. The first kappa shape index (κ1) is 30.0. The molecule has 0 aliphatic carbocycles. The van der Waals surface area contributed by atoms with E-state index in [0.29, 0.717) is 33.6 Å². The second kappa shape index (κ2) is 12.0. The average molecular weight is 604 g/mol. The fourth-order valence-corrected chi connectivity index (χ4v) is 4.78. The van der Waals surface area contributed by atoms with Crippen LogP contribution in [0.3, 0.4) is 0 Å². The van der Waals surface area contributed by atoms with E-state index >= 15 is 0 Å². The molecule has 0 unspecified atom stereocenters. The molecule has 7 nitrogen and oxygen atoms in total. The van der Waals surface area contributed by atoms with Gasteiger partial charge in [-0.2, -0.15) is 13.2 Å². The van der Waals surface area contributed by atoms with E-state index in [1.165, 1.54) is 25.3 Å². The van der Waals surface area contributed by atoms with Gasteiger partial charge in [-0.3, -0.25) is 9.59 Å².